The van der Waals surface area contributed by atoms with Crippen molar-refractivity contribution in [3.8, 4) is 0 Å². The zero-order chi connectivity index (χ0) is 14.5. The number of benzene rings is 1. The van der Waals surface area contributed by atoms with Crippen molar-refractivity contribution < 1.29 is 4.79 Å². The molecular weight excluding hydrogens is 295 g/mol. The molecule has 110 valence electrons. The van der Waals surface area contributed by atoms with Crippen LogP contribution in [0.5, 0.6) is 0 Å². The largest absolute Gasteiger partial charge is 0.348 e. The van der Waals surface area contributed by atoms with Crippen LogP contribution in [0.1, 0.15) is 42.5 Å². The second-order valence-electron chi connectivity index (χ2n) is 5.34. The summed E-state index contributed by atoms with van der Waals surface area (Å²) in [6.45, 7) is 0.460. The summed E-state index contributed by atoms with van der Waals surface area (Å²) in [6.07, 6.45) is 6.00. The molecule has 5 heteroatoms. The van der Waals surface area contributed by atoms with Crippen molar-refractivity contribution >= 4 is 29.1 Å². The molecule has 1 aliphatic carbocycles. The highest BCUT2D eigenvalue weighted by molar-refractivity contribution is 6.36. The minimum absolute atomic E-state index is 0.0227. The maximum Gasteiger partial charge on any atom is 0.253 e. The van der Waals surface area contributed by atoms with E-state index in [2.05, 4.69) is 5.32 Å². The third kappa shape index (κ3) is 3.87. The Balaban J connectivity index is 2.04. The normalized spacial score (nSPS) is 17.8. The van der Waals surface area contributed by atoms with E-state index in [1.165, 1.54) is 19.3 Å². The number of nitrogens with two attached hydrogens (primary N) is 1. The predicted molar refractivity (Wildman–Crippen MR) is 83.3 cm³/mol. The van der Waals surface area contributed by atoms with Crippen LogP contribution < -0.4 is 11.1 Å². The van der Waals surface area contributed by atoms with Crippen LogP contribution in [0, 0.1) is 5.92 Å². The number of amides is 1. The fraction of sp³-hybridized carbons (Fsp3) is 0.533. The van der Waals surface area contributed by atoms with Gasteiger partial charge in [0.2, 0.25) is 0 Å². The maximum atomic E-state index is 12.3. The first-order valence-corrected chi connectivity index (χ1v) is 7.83. The van der Waals surface area contributed by atoms with E-state index in [4.69, 9.17) is 28.9 Å². The minimum atomic E-state index is -0.173. The average Bonchev–Trinajstić information content (AvgIpc) is 2.45. The van der Waals surface area contributed by atoms with E-state index >= 15 is 0 Å². The van der Waals surface area contributed by atoms with E-state index in [9.17, 15) is 4.79 Å². The summed E-state index contributed by atoms with van der Waals surface area (Å²) < 4.78 is 0. The molecule has 1 amide bonds. The summed E-state index contributed by atoms with van der Waals surface area (Å²) in [5.41, 5.74) is 6.27. The van der Waals surface area contributed by atoms with E-state index in [1.54, 1.807) is 18.2 Å². The zero-order valence-corrected chi connectivity index (χ0v) is 12.9. The highest BCUT2D eigenvalue weighted by Gasteiger charge is 2.24. The lowest BCUT2D eigenvalue weighted by molar-refractivity contribution is 0.0915. The van der Waals surface area contributed by atoms with Gasteiger partial charge in [-0.25, -0.2) is 0 Å². The number of hydrogen-bond acceptors (Lipinski definition) is 2. The van der Waals surface area contributed by atoms with Crippen LogP contribution in [-0.2, 0) is 0 Å². The lowest BCUT2D eigenvalue weighted by atomic mass is 9.84. The summed E-state index contributed by atoms with van der Waals surface area (Å²) in [7, 11) is 0. The molecule has 0 spiro atoms. The van der Waals surface area contributed by atoms with Gasteiger partial charge in [-0.2, -0.15) is 0 Å². The van der Waals surface area contributed by atoms with Gasteiger partial charge in [0, 0.05) is 17.6 Å². The monoisotopic (exact) mass is 314 g/mol. The van der Waals surface area contributed by atoms with Gasteiger partial charge in [0.25, 0.3) is 5.91 Å². The SMILES string of the molecule is NCC(NC(=O)c1ccc(Cl)cc1Cl)C1CCCCC1. The molecule has 0 heterocycles. The van der Waals surface area contributed by atoms with Crippen molar-refractivity contribution in [3.63, 3.8) is 0 Å². The standard InChI is InChI=1S/C15H20Cl2N2O/c16-11-6-7-12(13(17)8-11)15(20)19-14(9-18)10-4-2-1-3-5-10/h6-8,10,14H,1-5,9,18H2,(H,19,20). The van der Waals surface area contributed by atoms with Gasteiger partial charge in [-0.1, -0.05) is 42.5 Å². The first-order chi connectivity index (χ1) is 9.61. The number of hydrogen-bond donors (Lipinski definition) is 2. The Morgan fingerprint density at radius 3 is 2.60 bits per heavy atom. The molecule has 0 aromatic heterocycles. The smallest absolute Gasteiger partial charge is 0.253 e. The Hall–Kier alpha value is -0.770. The van der Waals surface area contributed by atoms with Crippen molar-refractivity contribution in [2.24, 2.45) is 11.7 Å². The summed E-state index contributed by atoms with van der Waals surface area (Å²) in [5, 5.41) is 3.91. The van der Waals surface area contributed by atoms with Gasteiger partial charge < -0.3 is 11.1 Å². The van der Waals surface area contributed by atoms with Crippen LogP contribution in [0.25, 0.3) is 0 Å². The minimum Gasteiger partial charge on any atom is -0.348 e. The predicted octanol–water partition coefficient (Wildman–Crippen LogP) is 3.63. The first kappa shape index (κ1) is 15.6. The van der Waals surface area contributed by atoms with Gasteiger partial charge in [-0.05, 0) is 37.0 Å². The van der Waals surface area contributed by atoms with E-state index < -0.39 is 0 Å². The molecule has 1 aromatic rings. The molecular formula is C15H20Cl2N2O. The molecule has 1 unspecified atom stereocenters. The maximum absolute atomic E-state index is 12.3. The lowest BCUT2D eigenvalue weighted by Crippen LogP contribution is -2.46. The van der Waals surface area contributed by atoms with Crippen molar-refractivity contribution in [1.29, 1.82) is 0 Å². The van der Waals surface area contributed by atoms with Gasteiger partial charge in [-0.3, -0.25) is 4.79 Å². The van der Waals surface area contributed by atoms with E-state index in [1.807, 2.05) is 0 Å². The number of carbonyl (C=O) groups is 1. The number of nitrogens with one attached hydrogen (secondary N) is 1. The zero-order valence-electron chi connectivity index (χ0n) is 11.4. The lowest BCUT2D eigenvalue weighted by Gasteiger charge is -2.30. The third-order valence-corrected chi connectivity index (χ3v) is 4.51. The van der Waals surface area contributed by atoms with Gasteiger partial charge in [-0.15, -0.1) is 0 Å². The molecule has 0 bridgehead atoms. The number of carbonyl (C=O) groups excluding carboxylic acids is 1. The topological polar surface area (TPSA) is 55.1 Å². The van der Waals surface area contributed by atoms with E-state index in [0.717, 1.165) is 12.8 Å². The molecule has 3 N–H and O–H groups in total. The van der Waals surface area contributed by atoms with Crippen LogP contribution in [-0.4, -0.2) is 18.5 Å². The Kier molecular flexibility index (Phi) is 5.70. The molecule has 0 radical (unpaired) electrons. The fourth-order valence-corrected chi connectivity index (χ4v) is 3.32. The molecule has 1 fully saturated rings. The second-order valence-corrected chi connectivity index (χ2v) is 6.18. The Labute approximate surface area is 129 Å². The molecule has 1 aliphatic rings. The van der Waals surface area contributed by atoms with Crippen LogP contribution in [0.3, 0.4) is 0 Å². The molecule has 1 aromatic carbocycles. The number of halogens is 2. The van der Waals surface area contributed by atoms with Crippen molar-refractivity contribution in [1.82, 2.24) is 5.32 Å². The van der Waals surface area contributed by atoms with Crippen LogP contribution in [0.15, 0.2) is 18.2 Å². The molecule has 1 atom stereocenters. The Morgan fingerprint density at radius 1 is 1.30 bits per heavy atom. The second kappa shape index (κ2) is 7.30. The molecule has 20 heavy (non-hydrogen) atoms. The molecule has 1 saturated carbocycles. The van der Waals surface area contributed by atoms with Crippen LogP contribution in [0.4, 0.5) is 0 Å². The quantitative estimate of drug-likeness (QED) is 0.891. The summed E-state index contributed by atoms with van der Waals surface area (Å²) in [5.74, 6) is 0.302. The summed E-state index contributed by atoms with van der Waals surface area (Å²) in [6, 6.07) is 4.92. The highest BCUT2D eigenvalue weighted by Crippen LogP contribution is 2.27. The van der Waals surface area contributed by atoms with Crippen molar-refractivity contribution in [3.05, 3.63) is 33.8 Å². The van der Waals surface area contributed by atoms with Crippen molar-refractivity contribution in [2.45, 2.75) is 38.1 Å². The summed E-state index contributed by atoms with van der Waals surface area (Å²) in [4.78, 5) is 12.3. The van der Waals surface area contributed by atoms with Gasteiger partial charge in [0.05, 0.1) is 10.6 Å². The Morgan fingerprint density at radius 2 is 2.00 bits per heavy atom. The van der Waals surface area contributed by atoms with E-state index in [-0.39, 0.29) is 11.9 Å². The average molecular weight is 315 g/mol. The van der Waals surface area contributed by atoms with Crippen molar-refractivity contribution in [2.75, 3.05) is 6.54 Å². The fourth-order valence-electron chi connectivity index (χ4n) is 2.83. The van der Waals surface area contributed by atoms with Gasteiger partial charge in [0.1, 0.15) is 0 Å². The first-order valence-electron chi connectivity index (χ1n) is 7.08. The van der Waals surface area contributed by atoms with Gasteiger partial charge in [0.15, 0.2) is 0 Å². The molecule has 0 aliphatic heterocycles. The van der Waals surface area contributed by atoms with Crippen LogP contribution >= 0.6 is 23.2 Å². The Bertz CT molecular complexity index is 473. The molecule has 3 nitrogen and oxygen atoms in total. The summed E-state index contributed by atoms with van der Waals surface area (Å²) >= 11 is 11.9. The van der Waals surface area contributed by atoms with E-state index in [0.29, 0.717) is 28.1 Å². The van der Waals surface area contributed by atoms with Gasteiger partial charge >= 0.3 is 0 Å². The highest BCUT2D eigenvalue weighted by atomic mass is 35.5. The molecule has 2 rings (SSSR count). The van der Waals surface area contributed by atoms with Crippen LogP contribution in [0.2, 0.25) is 10.0 Å². The third-order valence-electron chi connectivity index (χ3n) is 3.97. The molecule has 0 saturated heterocycles. The number of rotatable bonds is 4.